The van der Waals surface area contributed by atoms with Gasteiger partial charge < -0.3 is 5.11 Å². The molecule has 3 rings (SSSR count). The second-order valence-corrected chi connectivity index (χ2v) is 8.84. The van der Waals surface area contributed by atoms with E-state index in [1.54, 1.807) is 0 Å². The van der Waals surface area contributed by atoms with Crippen molar-refractivity contribution in [3.63, 3.8) is 0 Å². The Hall–Kier alpha value is -0.530. The van der Waals surface area contributed by atoms with Crippen molar-refractivity contribution in [2.45, 2.75) is 15.8 Å². The van der Waals surface area contributed by atoms with Gasteiger partial charge in [-0.3, -0.25) is 13.9 Å². The van der Waals surface area contributed by atoms with Gasteiger partial charge in [-0.05, 0) is 48.5 Å². The van der Waals surface area contributed by atoms with Crippen molar-refractivity contribution in [2.24, 2.45) is 15.3 Å². The number of carboxylic acids is 1. The molecule has 0 fully saturated rings. The van der Waals surface area contributed by atoms with E-state index in [-0.39, 0.29) is 100 Å². The number of carbonyl (C=O) groups is 2. The topological polar surface area (TPSA) is 203 Å². The number of carbonyl (C=O) groups excluding carboxylic acids is 1. The zero-order chi connectivity index (χ0) is 23.0. The largest absolute Gasteiger partial charge is 0.477 e. The Morgan fingerprint density at radius 2 is 1.29 bits per heavy atom. The average molecular weight is 537 g/mol. The molecule has 0 bridgehead atoms. The molecule has 1 atom stereocenters. The smallest absolute Gasteiger partial charge is 0.355 e. The Bertz CT molecular complexity index is 1330. The molecule has 3 radical (unpaired) electrons. The molecule has 1 unspecified atom stereocenters. The molecule has 165 valence electrons. The van der Waals surface area contributed by atoms with Crippen LogP contribution in [0.5, 0.6) is 0 Å². The Labute approximate surface area is 260 Å². The number of nitrogens with zero attached hydrogens (tertiary/aromatic N) is 4. The van der Waals surface area contributed by atoms with E-state index in [1.807, 2.05) is 0 Å². The maximum absolute atomic E-state index is 12.6. The molecule has 2 aromatic rings. The predicted molar refractivity (Wildman–Crippen MR) is 121 cm³/mol. The van der Waals surface area contributed by atoms with Gasteiger partial charge in [-0.1, -0.05) is 0 Å². The van der Waals surface area contributed by atoms with Crippen molar-refractivity contribution in [1.29, 1.82) is 0 Å². The number of carboxylic acid groups (broad SMARTS) is 1. The second kappa shape index (κ2) is 13.1. The van der Waals surface area contributed by atoms with E-state index in [4.69, 9.17) is 9.11 Å². The van der Waals surface area contributed by atoms with Gasteiger partial charge in [0.25, 0.3) is 26.1 Å². The maximum atomic E-state index is 12.6. The summed E-state index contributed by atoms with van der Waals surface area (Å²) in [5, 5.41) is 21.1. The van der Waals surface area contributed by atoms with Crippen LogP contribution in [0.15, 0.2) is 73.7 Å². The predicted octanol–water partition coefficient (Wildman–Crippen LogP) is -0.0227. The van der Waals surface area contributed by atoms with E-state index >= 15 is 0 Å². The Morgan fingerprint density at radius 3 is 1.71 bits per heavy atom. The van der Waals surface area contributed by atoms with Crippen LogP contribution in [0.1, 0.15) is 0 Å². The number of hydrogen-bond acceptors (Lipinski definition) is 9. The summed E-state index contributed by atoms with van der Waals surface area (Å²) >= 11 is 0. The number of hydrogen-bond donors (Lipinski definition) is 3. The molecule has 1 heterocycles. The number of amides is 1. The average Bonchev–Trinajstić information content (AvgIpc) is 3.02. The van der Waals surface area contributed by atoms with Crippen molar-refractivity contribution in [3.8, 4) is 0 Å². The van der Waals surface area contributed by atoms with Gasteiger partial charge in [0.05, 0.1) is 21.2 Å². The molecule has 3 N–H and O–H groups in total. The minimum Gasteiger partial charge on any atom is -0.477 e. The van der Waals surface area contributed by atoms with Gasteiger partial charge in [-0.15, -0.1) is 0 Å². The third kappa shape index (κ3) is 7.99. The molecule has 0 saturated heterocycles. The Balaban J connectivity index is 0.00000363. The van der Waals surface area contributed by atoms with Crippen LogP contribution >= 0.6 is 0 Å². The first-order valence-electron chi connectivity index (χ1n) is 8.09. The molecule has 0 spiro atoms. The summed E-state index contributed by atoms with van der Waals surface area (Å²) in [5.41, 5.74) is -0.561. The van der Waals surface area contributed by atoms with Gasteiger partial charge in [0.1, 0.15) is 0 Å². The van der Waals surface area contributed by atoms with Crippen LogP contribution < -0.4 is 5.01 Å². The maximum Gasteiger partial charge on any atom is 0.355 e. The molecule has 34 heavy (non-hydrogen) atoms. The Morgan fingerprint density at radius 1 is 0.853 bits per heavy atom. The molecular weight excluding hydrogens is 525 g/mol. The molecule has 13 nitrogen and oxygen atoms in total. The normalized spacial score (nSPS) is 15.7. The third-order valence-electron chi connectivity index (χ3n) is 3.93. The van der Waals surface area contributed by atoms with Crippen LogP contribution in [0, 0.1) is 0 Å². The van der Waals surface area contributed by atoms with Gasteiger partial charge in [0.2, 0.25) is 6.04 Å². The van der Waals surface area contributed by atoms with E-state index in [0.29, 0.717) is 5.01 Å². The summed E-state index contributed by atoms with van der Waals surface area (Å²) in [7, 11) is -8.88. The number of azo groups is 1. The van der Waals surface area contributed by atoms with Crippen molar-refractivity contribution >= 4 is 138 Å². The molecule has 1 aliphatic rings. The van der Waals surface area contributed by atoms with Crippen molar-refractivity contribution in [3.05, 3.63) is 48.5 Å². The fourth-order valence-corrected chi connectivity index (χ4v) is 3.42. The SMILES string of the molecule is O=C(O)C1=NN(c2ccc(S(=O)(=O)O)cc2)C(=O)C1N=Nc1ccc(S(=O)(=O)O)cc1.[Na].[Na].[Na]. The molecule has 2 aromatic carbocycles. The minimum atomic E-state index is -4.46. The molecular formula is C16H12N4Na3O9S2. The summed E-state index contributed by atoms with van der Waals surface area (Å²) in [6.07, 6.45) is 0. The van der Waals surface area contributed by atoms with Gasteiger partial charge in [-0.2, -0.15) is 37.2 Å². The van der Waals surface area contributed by atoms with Crippen molar-refractivity contribution in [2.75, 3.05) is 5.01 Å². The minimum absolute atomic E-state index is 0. The molecule has 0 aliphatic carbocycles. The van der Waals surface area contributed by atoms with Crippen LogP contribution in [0.4, 0.5) is 11.4 Å². The van der Waals surface area contributed by atoms with E-state index in [9.17, 15) is 31.5 Å². The second-order valence-electron chi connectivity index (χ2n) is 6.00. The van der Waals surface area contributed by atoms with E-state index in [0.717, 1.165) is 36.4 Å². The fourth-order valence-electron chi connectivity index (χ4n) is 2.46. The van der Waals surface area contributed by atoms with Crippen molar-refractivity contribution in [1.82, 2.24) is 0 Å². The number of hydrazone groups is 1. The van der Waals surface area contributed by atoms with Gasteiger partial charge in [0.15, 0.2) is 5.71 Å². The standard InChI is InChI=1S/C16H12N4O9S2.3Na/c21-15-13(18-17-9-1-5-11(6-2-9)30(24,25)26)14(16(22)23)19-20(15)10-3-7-12(8-4-10)31(27,28)29;;;/h1-8,13H,(H,22,23)(H,24,25,26)(H,27,28,29);;;. The summed E-state index contributed by atoms with van der Waals surface area (Å²) < 4.78 is 62.3. The fraction of sp³-hybridized carbons (Fsp3) is 0.0625. The van der Waals surface area contributed by atoms with Gasteiger partial charge in [0, 0.05) is 88.7 Å². The first-order valence-corrected chi connectivity index (χ1v) is 11.0. The first-order chi connectivity index (χ1) is 14.4. The summed E-state index contributed by atoms with van der Waals surface area (Å²) in [4.78, 5) is 23.3. The molecule has 1 aliphatic heterocycles. The zero-order valence-corrected chi connectivity index (χ0v) is 25.7. The summed E-state index contributed by atoms with van der Waals surface area (Å²) in [6, 6.07) is 7.07. The number of anilines is 1. The number of benzene rings is 2. The molecule has 18 heteroatoms. The number of aliphatic carboxylic acids is 1. The Kier molecular flexibility index (Phi) is 12.9. The van der Waals surface area contributed by atoms with Crippen LogP contribution in [0.3, 0.4) is 0 Å². The van der Waals surface area contributed by atoms with E-state index in [2.05, 4.69) is 15.3 Å². The molecule has 0 saturated carbocycles. The van der Waals surface area contributed by atoms with Crippen LogP contribution in [-0.4, -0.2) is 143 Å². The zero-order valence-electron chi connectivity index (χ0n) is 18.1. The van der Waals surface area contributed by atoms with Crippen LogP contribution in [0.25, 0.3) is 0 Å². The summed E-state index contributed by atoms with van der Waals surface area (Å²) in [6.45, 7) is 0. The summed E-state index contributed by atoms with van der Waals surface area (Å²) in [5.74, 6) is -2.44. The van der Waals surface area contributed by atoms with Crippen LogP contribution in [-0.2, 0) is 29.8 Å². The van der Waals surface area contributed by atoms with E-state index < -0.39 is 53.7 Å². The van der Waals surface area contributed by atoms with Crippen LogP contribution in [0.2, 0.25) is 0 Å². The first kappa shape index (κ1) is 33.5. The molecule has 1 amide bonds. The third-order valence-corrected chi connectivity index (χ3v) is 5.67. The van der Waals surface area contributed by atoms with Gasteiger partial charge >= 0.3 is 5.97 Å². The number of rotatable bonds is 6. The molecule has 0 aromatic heterocycles. The van der Waals surface area contributed by atoms with Gasteiger partial charge in [-0.25, -0.2) is 4.79 Å². The van der Waals surface area contributed by atoms with E-state index in [1.165, 1.54) is 12.1 Å². The monoisotopic (exact) mass is 537 g/mol. The van der Waals surface area contributed by atoms with Crippen molar-refractivity contribution < 1.29 is 40.6 Å². The quantitative estimate of drug-likeness (QED) is 0.257.